The van der Waals surface area contributed by atoms with Crippen molar-refractivity contribution in [2.75, 3.05) is 6.61 Å². The number of carboxylic acids is 1. The van der Waals surface area contributed by atoms with Crippen LogP contribution in [0.2, 0.25) is 0 Å². The van der Waals surface area contributed by atoms with Crippen LogP contribution in [0.1, 0.15) is 22.8 Å². The molecule has 0 radical (unpaired) electrons. The second-order valence-corrected chi connectivity index (χ2v) is 3.09. The standard InChI is InChI=1S/C12H14O3/c1-2-3-8-15-9-10-4-6-11(7-5-10)12(13)14/h2-7H,8-9H2,1H3,(H,13,14)/b3-2+. The second-order valence-electron chi connectivity index (χ2n) is 3.09. The fourth-order valence-electron chi connectivity index (χ4n) is 1.08. The molecule has 80 valence electrons. The third-order valence-electron chi connectivity index (χ3n) is 1.92. The summed E-state index contributed by atoms with van der Waals surface area (Å²) in [5, 5.41) is 8.68. The Labute approximate surface area is 89.0 Å². The van der Waals surface area contributed by atoms with Crippen LogP contribution in [-0.2, 0) is 11.3 Å². The molecule has 0 unspecified atom stereocenters. The Bertz CT molecular complexity index is 338. The lowest BCUT2D eigenvalue weighted by atomic mass is 10.1. The zero-order chi connectivity index (χ0) is 11.1. The highest BCUT2D eigenvalue weighted by molar-refractivity contribution is 5.87. The first-order chi connectivity index (χ1) is 7.24. The van der Waals surface area contributed by atoms with Crippen molar-refractivity contribution < 1.29 is 14.6 Å². The zero-order valence-corrected chi connectivity index (χ0v) is 8.64. The fraction of sp³-hybridized carbons (Fsp3) is 0.250. The van der Waals surface area contributed by atoms with Gasteiger partial charge in [0.1, 0.15) is 0 Å². The minimum Gasteiger partial charge on any atom is -0.478 e. The molecule has 0 aliphatic rings. The number of hydrogen-bond donors (Lipinski definition) is 1. The Kier molecular flexibility index (Phi) is 4.57. The number of allylic oxidation sites excluding steroid dienone is 1. The van der Waals surface area contributed by atoms with E-state index in [0.717, 1.165) is 5.56 Å². The number of carbonyl (C=O) groups is 1. The lowest BCUT2D eigenvalue weighted by molar-refractivity contribution is 0.0696. The summed E-state index contributed by atoms with van der Waals surface area (Å²) >= 11 is 0. The average Bonchev–Trinajstić information content (AvgIpc) is 2.25. The first kappa shape index (κ1) is 11.5. The molecule has 1 N–H and O–H groups in total. The molecule has 0 saturated carbocycles. The van der Waals surface area contributed by atoms with Gasteiger partial charge in [0.25, 0.3) is 0 Å². The summed E-state index contributed by atoms with van der Waals surface area (Å²) in [5.74, 6) is -0.906. The molecule has 0 aliphatic carbocycles. The van der Waals surface area contributed by atoms with Gasteiger partial charge in [0.2, 0.25) is 0 Å². The van der Waals surface area contributed by atoms with Crippen molar-refractivity contribution >= 4 is 5.97 Å². The van der Waals surface area contributed by atoms with E-state index in [-0.39, 0.29) is 0 Å². The van der Waals surface area contributed by atoms with Crippen LogP contribution in [-0.4, -0.2) is 17.7 Å². The predicted octanol–water partition coefficient (Wildman–Crippen LogP) is 2.48. The van der Waals surface area contributed by atoms with Gasteiger partial charge in [-0.3, -0.25) is 0 Å². The minimum atomic E-state index is -0.906. The van der Waals surface area contributed by atoms with Gasteiger partial charge in [-0.1, -0.05) is 24.3 Å². The molecular weight excluding hydrogens is 192 g/mol. The third-order valence-corrected chi connectivity index (χ3v) is 1.92. The SMILES string of the molecule is C/C=C/COCc1ccc(C(=O)O)cc1. The van der Waals surface area contributed by atoms with E-state index in [1.165, 1.54) is 0 Å². The summed E-state index contributed by atoms with van der Waals surface area (Å²) < 4.78 is 5.33. The van der Waals surface area contributed by atoms with Gasteiger partial charge in [0.15, 0.2) is 0 Å². The van der Waals surface area contributed by atoms with Crippen molar-refractivity contribution in [2.45, 2.75) is 13.5 Å². The van der Waals surface area contributed by atoms with Gasteiger partial charge in [-0.15, -0.1) is 0 Å². The molecule has 1 rings (SSSR count). The summed E-state index contributed by atoms with van der Waals surface area (Å²) in [7, 11) is 0. The molecule has 0 aromatic heterocycles. The van der Waals surface area contributed by atoms with Gasteiger partial charge in [0, 0.05) is 0 Å². The average molecular weight is 206 g/mol. The molecule has 0 aliphatic heterocycles. The van der Waals surface area contributed by atoms with Crippen LogP contribution in [0.5, 0.6) is 0 Å². The lowest BCUT2D eigenvalue weighted by Crippen LogP contribution is -1.97. The van der Waals surface area contributed by atoms with Gasteiger partial charge in [-0.25, -0.2) is 4.79 Å². The van der Waals surface area contributed by atoms with Crippen molar-refractivity contribution in [1.29, 1.82) is 0 Å². The highest BCUT2D eigenvalue weighted by Crippen LogP contribution is 2.05. The van der Waals surface area contributed by atoms with Gasteiger partial charge in [-0.05, 0) is 24.6 Å². The van der Waals surface area contributed by atoms with Crippen molar-refractivity contribution in [2.24, 2.45) is 0 Å². The topological polar surface area (TPSA) is 46.5 Å². The Hall–Kier alpha value is -1.61. The summed E-state index contributed by atoms with van der Waals surface area (Å²) in [6.45, 7) is 3.02. The second kappa shape index (κ2) is 5.98. The van der Waals surface area contributed by atoms with Crippen molar-refractivity contribution in [3.8, 4) is 0 Å². The Morgan fingerprint density at radius 3 is 2.60 bits per heavy atom. The molecule has 1 aromatic rings. The van der Waals surface area contributed by atoms with E-state index in [0.29, 0.717) is 18.8 Å². The highest BCUT2D eigenvalue weighted by atomic mass is 16.5. The molecule has 3 nitrogen and oxygen atoms in total. The molecule has 0 atom stereocenters. The van der Waals surface area contributed by atoms with E-state index in [9.17, 15) is 4.79 Å². The van der Waals surface area contributed by atoms with Gasteiger partial charge in [-0.2, -0.15) is 0 Å². The van der Waals surface area contributed by atoms with Crippen LogP contribution in [0.4, 0.5) is 0 Å². The first-order valence-electron chi connectivity index (χ1n) is 4.75. The van der Waals surface area contributed by atoms with Crippen LogP contribution < -0.4 is 0 Å². The van der Waals surface area contributed by atoms with Crippen LogP contribution in [0.3, 0.4) is 0 Å². The molecule has 0 bridgehead atoms. The van der Waals surface area contributed by atoms with E-state index in [4.69, 9.17) is 9.84 Å². The highest BCUT2D eigenvalue weighted by Gasteiger charge is 2.00. The van der Waals surface area contributed by atoms with Crippen LogP contribution >= 0.6 is 0 Å². The Balaban J connectivity index is 2.46. The molecule has 0 saturated heterocycles. The minimum absolute atomic E-state index is 0.298. The van der Waals surface area contributed by atoms with E-state index in [2.05, 4.69) is 0 Å². The molecule has 0 amide bonds. The maximum atomic E-state index is 10.6. The Morgan fingerprint density at radius 2 is 2.07 bits per heavy atom. The van der Waals surface area contributed by atoms with E-state index >= 15 is 0 Å². The molecular formula is C12H14O3. The van der Waals surface area contributed by atoms with Gasteiger partial charge < -0.3 is 9.84 Å². The monoisotopic (exact) mass is 206 g/mol. The van der Waals surface area contributed by atoms with Crippen molar-refractivity contribution in [3.05, 3.63) is 47.5 Å². The van der Waals surface area contributed by atoms with Crippen molar-refractivity contribution in [1.82, 2.24) is 0 Å². The third kappa shape index (κ3) is 3.95. The molecule has 1 aromatic carbocycles. The molecule has 0 heterocycles. The zero-order valence-electron chi connectivity index (χ0n) is 8.64. The van der Waals surface area contributed by atoms with E-state index in [1.807, 2.05) is 19.1 Å². The Morgan fingerprint density at radius 1 is 1.40 bits per heavy atom. The molecule has 0 spiro atoms. The number of hydrogen-bond acceptors (Lipinski definition) is 2. The number of aromatic carboxylic acids is 1. The maximum Gasteiger partial charge on any atom is 0.335 e. The van der Waals surface area contributed by atoms with Crippen LogP contribution in [0.25, 0.3) is 0 Å². The summed E-state index contributed by atoms with van der Waals surface area (Å²) in [5.41, 5.74) is 1.27. The van der Waals surface area contributed by atoms with Crippen molar-refractivity contribution in [3.63, 3.8) is 0 Å². The van der Waals surface area contributed by atoms with Crippen LogP contribution in [0, 0.1) is 0 Å². The van der Waals surface area contributed by atoms with Gasteiger partial charge >= 0.3 is 5.97 Å². The number of ether oxygens (including phenoxy) is 1. The predicted molar refractivity (Wildman–Crippen MR) is 57.9 cm³/mol. The lowest BCUT2D eigenvalue weighted by Gasteiger charge is -2.01. The number of rotatable bonds is 5. The van der Waals surface area contributed by atoms with E-state index < -0.39 is 5.97 Å². The summed E-state index contributed by atoms with van der Waals surface area (Å²) in [6, 6.07) is 6.69. The molecule has 15 heavy (non-hydrogen) atoms. The fourth-order valence-corrected chi connectivity index (χ4v) is 1.08. The maximum absolute atomic E-state index is 10.6. The molecule has 0 fully saturated rings. The normalized spacial score (nSPS) is 10.7. The van der Waals surface area contributed by atoms with Crippen LogP contribution in [0.15, 0.2) is 36.4 Å². The summed E-state index contributed by atoms with van der Waals surface area (Å²) in [4.78, 5) is 10.6. The van der Waals surface area contributed by atoms with E-state index in [1.54, 1.807) is 24.3 Å². The molecule has 3 heteroatoms. The van der Waals surface area contributed by atoms with Gasteiger partial charge in [0.05, 0.1) is 18.8 Å². The largest absolute Gasteiger partial charge is 0.478 e. The number of benzene rings is 1. The smallest absolute Gasteiger partial charge is 0.335 e. The first-order valence-corrected chi connectivity index (χ1v) is 4.75. The number of carboxylic acid groups (broad SMARTS) is 1. The quantitative estimate of drug-likeness (QED) is 0.594. The summed E-state index contributed by atoms with van der Waals surface area (Å²) in [6.07, 6.45) is 3.85.